The van der Waals surface area contributed by atoms with Crippen LogP contribution in [0.25, 0.3) is 0 Å². The van der Waals surface area contributed by atoms with E-state index in [4.69, 9.17) is 25.8 Å². The number of aliphatic hydroxyl groups is 1. The van der Waals surface area contributed by atoms with Gasteiger partial charge in [0.1, 0.15) is 18.4 Å². The molecular weight excluding hydrogens is 508 g/mol. The van der Waals surface area contributed by atoms with Crippen molar-refractivity contribution in [1.29, 1.82) is 0 Å². The molecule has 1 aliphatic rings. The van der Waals surface area contributed by atoms with Gasteiger partial charge in [-0.15, -0.1) is 6.42 Å². The molecule has 1 aromatic rings. The smallest absolute Gasteiger partial charge is 0.388 e. The molecule has 2 heterocycles. The van der Waals surface area contributed by atoms with Crippen molar-refractivity contribution in [1.82, 2.24) is 9.55 Å². The molecular formula is C12H16FN2O14P3. The van der Waals surface area contributed by atoms with E-state index in [9.17, 15) is 37.7 Å². The van der Waals surface area contributed by atoms with Gasteiger partial charge in [-0.2, -0.15) is 8.62 Å². The summed E-state index contributed by atoms with van der Waals surface area (Å²) in [6.45, 7) is -2.99. The highest BCUT2D eigenvalue weighted by Crippen LogP contribution is 2.66. The number of aliphatic hydroxyl groups excluding tert-OH is 1. The number of phosphoric ester groups is 1. The molecule has 0 saturated carbocycles. The van der Waals surface area contributed by atoms with E-state index in [0.29, 0.717) is 4.57 Å². The van der Waals surface area contributed by atoms with Gasteiger partial charge in [0.2, 0.25) is 0 Å². The Morgan fingerprint density at radius 1 is 1.22 bits per heavy atom. The molecule has 6 atom stereocenters. The van der Waals surface area contributed by atoms with Crippen molar-refractivity contribution in [3.05, 3.63) is 33.1 Å². The Bertz CT molecular complexity index is 1150. The SMILES string of the molecule is C#C[C@@H]1C(n2ccc(=O)[nH]c2=O)O[C@](CF)(COP(=O)(O)OP(=O)(O)OP(=O)(O)O)[C@H]1O. The fourth-order valence-electron chi connectivity index (χ4n) is 2.66. The monoisotopic (exact) mass is 524 g/mol. The zero-order chi connectivity index (χ0) is 24.5. The van der Waals surface area contributed by atoms with Crippen LogP contribution in [0.4, 0.5) is 4.39 Å². The summed E-state index contributed by atoms with van der Waals surface area (Å²) in [7, 11) is -17.2. The molecule has 0 aromatic carbocycles. The first-order valence-corrected chi connectivity index (χ1v) is 12.5. The highest BCUT2D eigenvalue weighted by Gasteiger charge is 2.57. The fourth-order valence-corrected chi connectivity index (χ4v) is 5.74. The van der Waals surface area contributed by atoms with Crippen LogP contribution in [0.1, 0.15) is 6.23 Å². The van der Waals surface area contributed by atoms with Gasteiger partial charge in [-0.25, -0.2) is 22.9 Å². The second kappa shape index (κ2) is 9.40. The van der Waals surface area contributed by atoms with Gasteiger partial charge in [-0.05, 0) is 0 Å². The fraction of sp³-hybridized carbons (Fsp3) is 0.500. The normalized spacial score (nSPS) is 29.7. The van der Waals surface area contributed by atoms with Crippen LogP contribution in [-0.4, -0.2) is 59.2 Å². The van der Waals surface area contributed by atoms with Gasteiger partial charge in [0, 0.05) is 12.3 Å². The van der Waals surface area contributed by atoms with Crippen molar-refractivity contribution in [3.8, 4) is 12.3 Å². The highest BCUT2D eigenvalue weighted by atomic mass is 31.3. The standard InChI is InChI=1S/C12H16FN2O14P3/c1-2-7-9(17)12(5-13,27-10(7)15-4-3-8(16)14-11(15)18)6-26-31(22,23)29-32(24,25)28-30(19,20)21/h1,3-4,7,9-10,17H,5-6H2,(H,22,23)(H,24,25)(H,14,16,18)(H2,19,20,21)/t7-,9-,10?,12+/m0/s1. The number of H-pyrrole nitrogens is 1. The van der Waals surface area contributed by atoms with E-state index in [1.165, 1.54) is 0 Å². The topological polar surface area (TPSA) is 244 Å². The molecule has 1 fully saturated rings. The second-order valence-electron chi connectivity index (χ2n) is 6.23. The Morgan fingerprint density at radius 3 is 2.34 bits per heavy atom. The van der Waals surface area contributed by atoms with Crippen molar-refractivity contribution in [2.45, 2.75) is 17.9 Å². The van der Waals surface area contributed by atoms with Gasteiger partial charge in [0.25, 0.3) is 5.56 Å². The number of aromatic nitrogens is 2. The number of hydrogen-bond acceptors (Lipinski definition) is 10. The minimum Gasteiger partial charge on any atom is -0.388 e. The first-order chi connectivity index (χ1) is 14.5. The molecule has 0 radical (unpaired) electrons. The molecule has 20 heteroatoms. The van der Waals surface area contributed by atoms with E-state index >= 15 is 0 Å². The molecule has 1 aromatic heterocycles. The van der Waals surface area contributed by atoms with Crippen molar-refractivity contribution < 1.29 is 60.6 Å². The highest BCUT2D eigenvalue weighted by molar-refractivity contribution is 7.66. The van der Waals surface area contributed by atoms with E-state index in [1.54, 1.807) is 0 Å². The van der Waals surface area contributed by atoms with Crippen LogP contribution in [0.3, 0.4) is 0 Å². The maximum Gasteiger partial charge on any atom is 0.490 e. The number of nitrogens with zero attached hydrogens (tertiary/aromatic N) is 1. The number of alkyl halides is 1. The summed E-state index contributed by atoms with van der Waals surface area (Å²) in [5.41, 5.74) is -4.34. The van der Waals surface area contributed by atoms with Crippen LogP contribution in [0.5, 0.6) is 0 Å². The maximum absolute atomic E-state index is 13.9. The zero-order valence-corrected chi connectivity index (χ0v) is 18.1. The summed E-state index contributed by atoms with van der Waals surface area (Å²) < 4.78 is 65.1. The lowest BCUT2D eigenvalue weighted by atomic mass is 9.91. The molecule has 32 heavy (non-hydrogen) atoms. The predicted molar refractivity (Wildman–Crippen MR) is 98.3 cm³/mol. The third-order valence-electron chi connectivity index (χ3n) is 3.97. The number of hydrogen-bond donors (Lipinski definition) is 6. The molecule has 180 valence electrons. The predicted octanol–water partition coefficient (Wildman–Crippen LogP) is -1.27. The second-order valence-corrected chi connectivity index (χ2v) is 10.6. The third kappa shape index (κ3) is 6.30. The minimum atomic E-state index is -5.84. The van der Waals surface area contributed by atoms with Gasteiger partial charge < -0.3 is 29.4 Å². The molecule has 0 aliphatic carbocycles. The summed E-state index contributed by atoms with van der Waals surface area (Å²) in [5, 5.41) is 10.4. The van der Waals surface area contributed by atoms with Crippen LogP contribution >= 0.6 is 23.5 Å². The third-order valence-corrected chi connectivity index (χ3v) is 7.76. The number of nitrogens with one attached hydrogen (secondary N) is 1. The number of rotatable bonds is 9. The molecule has 16 nitrogen and oxygen atoms in total. The van der Waals surface area contributed by atoms with E-state index in [0.717, 1.165) is 12.3 Å². The van der Waals surface area contributed by atoms with Gasteiger partial charge in [-0.3, -0.25) is 18.9 Å². The summed E-state index contributed by atoms with van der Waals surface area (Å²) in [6.07, 6.45) is 2.67. The lowest BCUT2D eigenvalue weighted by molar-refractivity contribution is -0.135. The van der Waals surface area contributed by atoms with E-state index in [-0.39, 0.29) is 0 Å². The summed E-state index contributed by atoms with van der Waals surface area (Å²) in [4.78, 5) is 60.7. The molecule has 0 amide bonds. The number of aromatic amines is 1. The Hall–Kier alpha value is -1.50. The quantitative estimate of drug-likeness (QED) is 0.163. The summed E-state index contributed by atoms with van der Waals surface area (Å²) >= 11 is 0. The van der Waals surface area contributed by atoms with E-state index < -0.39 is 71.8 Å². The van der Waals surface area contributed by atoms with Crippen LogP contribution in [0.15, 0.2) is 21.9 Å². The lowest BCUT2D eigenvalue weighted by Crippen LogP contribution is -2.47. The summed E-state index contributed by atoms with van der Waals surface area (Å²) in [5.74, 6) is 0.606. The van der Waals surface area contributed by atoms with Crippen molar-refractivity contribution in [2.75, 3.05) is 13.3 Å². The molecule has 2 rings (SSSR count). The van der Waals surface area contributed by atoms with Crippen molar-refractivity contribution in [3.63, 3.8) is 0 Å². The van der Waals surface area contributed by atoms with Crippen molar-refractivity contribution >= 4 is 23.5 Å². The maximum atomic E-state index is 13.9. The Kier molecular flexibility index (Phi) is 7.85. The number of halogens is 1. The minimum absolute atomic E-state index is 0.706. The van der Waals surface area contributed by atoms with Crippen LogP contribution in [-0.2, 0) is 31.6 Å². The molecule has 1 aliphatic heterocycles. The summed E-state index contributed by atoms with van der Waals surface area (Å²) in [6, 6.07) is 0.895. The Morgan fingerprint density at radius 2 is 1.84 bits per heavy atom. The van der Waals surface area contributed by atoms with Gasteiger partial charge in [0.15, 0.2) is 6.23 Å². The van der Waals surface area contributed by atoms with Crippen LogP contribution in [0.2, 0.25) is 0 Å². The molecule has 6 N–H and O–H groups in total. The largest absolute Gasteiger partial charge is 0.490 e. The van der Waals surface area contributed by atoms with Crippen molar-refractivity contribution in [2.24, 2.45) is 5.92 Å². The van der Waals surface area contributed by atoms with Gasteiger partial charge in [0.05, 0.1) is 12.5 Å². The molecule has 0 bridgehead atoms. The number of terminal acetylenes is 1. The number of phosphoric acid groups is 3. The average Bonchev–Trinajstić information content (AvgIpc) is 2.89. The first kappa shape index (κ1) is 26.7. The Labute approximate surface area is 177 Å². The zero-order valence-electron chi connectivity index (χ0n) is 15.5. The van der Waals surface area contributed by atoms with Crippen LogP contribution < -0.4 is 11.2 Å². The van der Waals surface area contributed by atoms with E-state index in [2.05, 4.69) is 19.1 Å². The first-order valence-electron chi connectivity index (χ1n) is 8.02. The van der Waals surface area contributed by atoms with E-state index in [1.807, 2.05) is 4.98 Å². The Balaban J connectivity index is 2.27. The van der Waals surface area contributed by atoms with Crippen LogP contribution in [0, 0.1) is 18.3 Å². The van der Waals surface area contributed by atoms with Gasteiger partial charge >= 0.3 is 29.2 Å². The lowest BCUT2D eigenvalue weighted by Gasteiger charge is -2.29. The average molecular weight is 524 g/mol. The molecule has 3 unspecified atom stereocenters. The number of ether oxygens (including phenoxy) is 1. The van der Waals surface area contributed by atoms with Gasteiger partial charge in [-0.1, -0.05) is 5.92 Å². The molecule has 1 saturated heterocycles. The molecule has 0 spiro atoms.